The molecule has 0 aromatic heterocycles. The molecule has 0 fully saturated rings. The molecule has 2 nitrogen and oxygen atoms in total. The average Bonchev–Trinajstić information content (AvgIpc) is 1.37. The maximum atomic E-state index is 9.23. The second-order valence-electron chi connectivity index (χ2n) is 0.332. The Balaban J connectivity index is 2.30. The first-order valence-electron chi connectivity index (χ1n) is 0.880. The van der Waals surface area contributed by atoms with Crippen molar-refractivity contribution >= 4 is 16.0 Å². The molecule has 0 saturated heterocycles. The molecule has 0 aliphatic heterocycles. The summed E-state index contributed by atoms with van der Waals surface area (Å²) in [7, 11) is 1.44. The van der Waals surface area contributed by atoms with Crippen LogP contribution >= 0.6 is 0 Å². The molecule has 0 bridgehead atoms. The Bertz CT molecular complexity index is 20.0. The maximum absolute atomic E-state index is 9.23. The monoisotopic (exact) mass is 124 g/mol. The predicted octanol–water partition coefficient (Wildman–Crippen LogP) is -0.938. The van der Waals surface area contributed by atoms with Crippen LogP contribution in [0.3, 0.4) is 0 Å². The van der Waals surface area contributed by atoms with Crippen molar-refractivity contribution in [1.29, 1.82) is 0 Å². The summed E-state index contributed by atoms with van der Waals surface area (Å²) in [6.07, 6.45) is 0. The normalized spacial score (nSPS) is 10.2. The summed E-state index contributed by atoms with van der Waals surface area (Å²) in [5, 5.41) is 0. The van der Waals surface area contributed by atoms with Gasteiger partial charge in [0.1, 0.15) is 0 Å². The first-order chi connectivity index (χ1) is 1.91. The number of hydrogen-bond donors (Lipinski definition) is 0. The summed E-state index contributed by atoms with van der Waals surface area (Å²) in [6, 6.07) is 0. The first-order valence-corrected chi connectivity index (χ1v) is 2.86. The molecule has 0 aliphatic carbocycles. The zero-order valence-corrected chi connectivity index (χ0v) is 4.82. The van der Waals surface area contributed by atoms with Crippen molar-refractivity contribution in [2.45, 2.75) is 0 Å². The van der Waals surface area contributed by atoms with Crippen LogP contribution in [0.15, 0.2) is 0 Å². The summed E-state index contributed by atoms with van der Waals surface area (Å²) < 4.78 is 13.4. The molecule has 1 unspecified atom stereocenters. The van der Waals surface area contributed by atoms with Crippen molar-refractivity contribution in [2.24, 2.45) is 0 Å². The van der Waals surface area contributed by atoms with Crippen LogP contribution in [0.25, 0.3) is 0 Å². The van der Waals surface area contributed by atoms with E-state index in [1.807, 2.05) is 0 Å². The molecule has 0 N–H and O–H groups in total. The van der Waals surface area contributed by atoms with E-state index in [2.05, 4.69) is 3.73 Å². The molecule has 0 aliphatic rings. The van der Waals surface area contributed by atoms with E-state index in [9.17, 15) is 3.74 Å². The van der Waals surface area contributed by atoms with Gasteiger partial charge in [0.15, 0.2) is 0 Å². The van der Waals surface area contributed by atoms with Gasteiger partial charge < -0.3 is 0 Å². The Hall–Kier alpha value is 0.318. The zero-order valence-electron chi connectivity index (χ0n) is 2.39. The van der Waals surface area contributed by atoms with Crippen molar-refractivity contribution in [3.05, 3.63) is 0 Å². The molecule has 0 aromatic rings. The van der Waals surface area contributed by atoms with E-state index < -0.39 is 16.0 Å². The molecule has 0 radical (unpaired) electrons. The summed E-state index contributed by atoms with van der Waals surface area (Å²) in [4.78, 5) is 0. The molecule has 1 atom stereocenters. The summed E-state index contributed by atoms with van der Waals surface area (Å²) in [5.74, 6) is 0. The van der Waals surface area contributed by atoms with Gasteiger partial charge in [-0.3, -0.25) is 0 Å². The van der Waals surface area contributed by atoms with E-state index in [0.29, 0.717) is 0 Å². The predicted molar refractivity (Wildman–Crippen MR) is 16.2 cm³/mol. The van der Waals surface area contributed by atoms with Crippen molar-refractivity contribution < 1.29 is 7.47 Å². The van der Waals surface area contributed by atoms with Crippen molar-refractivity contribution in [2.75, 3.05) is 7.11 Å². The standard InChI is InChI=1S/CH5AsO2/c1-4-2-3/h2H2,1H3. The van der Waals surface area contributed by atoms with Crippen LogP contribution in [-0.4, -0.2) is 23.1 Å². The van der Waals surface area contributed by atoms with E-state index in [0.717, 1.165) is 0 Å². The van der Waals surface area contributed by atoms with Crippen molar-refractivity contribution in [3.8, 4) is 0 Å². The van der Waals surface area contributed by atoms with Gasteiger partial charge in [0.2, 0.25) is 0 Å². The van der Waals surface area contributed by atoms with Gasteiger partial charge in [-0.25, -0.2) is 0 Å². The van der Waals surface area contributed by atoms with Gasteiger partial charge in [-0.05, 0) is 0 Å². The Labute approximate surface area is 31.4 Å². The van der Waals surface area contributed by atoms with Crippen LogP contribution in [0, 0.1) is 0 Å². The van der Waals surface area contributed by atoms with Gasteiger partial charge in [0.25, 0.3) is 0 Å². The van der Waals surface area contributed by atoms with Crippen LogP contribution in [0.1, 0.15) is 0 Å². The third kappa shape index (κ3) is 2.32. The topological polar surface area (TPSA) is 26.3 Å². The zero-order chi connectivity index (χ0) is 3.41. The van der Waals surface area contributed by atoms with Crippen LogP contribution in [0.5, 0.6) is 0 Å². The average molecular weight is 124 g/mol. The molecule has 0 spiro atoms. The number of hydrogen-bond acceptors (Lipinski definition) is 2. The van der Waals surface area contributed by atoms with Gasteiger partial charge in [-0.2, -0.15) is 0 Å². The second-order valence-corrected chi connectivity index (χ2v) is 1.72. The fourth-order valence-corrected chi connectivity index (χ4v) is 0. The Morgan fingerprint density at radius 2 is 2.25 bits per heavy atom. The molecule has 0 amide bonds. The second kappa shape index (κ2) is 3.32. The molecular weight excluding hydrogens is 119 g/mol. The minimum absolute atomic E-state index is 1.44. The fourth-order valence-electron chi connectivity index (χ4n) is 0. The molecule has 0 rings (SSSR count). The van der Waals surface area contributed by atoms with Gasteiger partial charge in [0, 0.05) is 0 Å². The summed E-state index contributed by atoms with van der Waals surface area (Å²) in [6.45, 7) is 0. The number of rotatable bonds is 1. The molecule has 0 aromatic carbocycles. The quantitative estimate of drug-likeness (QED) is 0.422. The van der Waals surface area contributed by atoms with Crippen molar-refractivity contribution in [3.63, 3.8) is 0 Å². The molecule has 0 heterocycles. The van der Waals surface area contributed by atoms with E-state index in [4.69, 9.17) is 0 Å². The van der Waals surface area contributed by atoms with Crippen LogP contribution in [0.4, 0.5) is 0 Å². The molecule has 26 valence electrons. The fraction of sp³-hybridized carbons (Fsp3) is 1.00. The Kier molecular flexibility index (Phi) is 3.58. The molecular formula is CH5AsO2. The molecule has 3 heteroatoms. The summed E-state index contributed by atoms with van der Waals surface area (Å²) >= 11 is -1.44. The molecule has 4 heavy (non-hydrogen) atoms. The van der Waals surface area contributed by atoms with E-state index in [1.165, 1.54) is 7.11 Å². The van der Waals surface area contributed by atoms with Gasteiger partial charge >= 0.3 is 30.6 Å². The van der Waals surface area contributed by atoms with Crippen LogP contribution in [0.2, 0.25) is 0 Å². The third-order valence-corrected chi connectivity index (χ3v) is 0.500. The Morgan fingerprint density at radius 1 is 2.00 bits per heavy atom. The molecule has 0 saturated carbocycles. The van der Waals surface area contributed by atoms with Gasteiger partial charge in [-0.1, -0.05) is 0 Å². The van der Waals surface area contributed by atoms with Gasteiger partial charge in [0.05, 0.1) is 0 Å². The minimum atomic E-state index is -1.44. The summed E-state index contributed by atoms with van der Waals surface area (Å²) in [5.41, 5.74) is 0. The van der Waals surface area contributed by atoms with Crippen LogP contribution < -0.4 is 0 Å². The van der Waals surface area contributed by atoms with Crippen LogP contribution in [-0.2, 0) is 7.47 Å². The third-order valence-electron chi connectivity index (χ3n) is 0.0962. The van der Waals surface area contributed by atoms with E-state index in [-0.39, 0.29) is 0 Å². The van der Waals surface area contributed by atoms with E-state index in [1.54, 1.807) is 0 Å². The first kappa shape index (κ1) is 4.32. The van der Waals surface area contributed by atoms with E-state index >= 15 is 0 Å². The Morgan fingerprint density at radius 3 is 2.25 bits per heavy atom. The van der Waals surface area contributed by atoms with Crippen molar-refractivity contribution in [1.82, 2.24) is 0 Å². The SMILES string of the molecule is CO[AsH2]=O. The van der Waals surface area contributed by atoms with Gasteiger partial charge in [-0.15, -0.1) is 0 Å².